The standard InChI is InChI=1S/C24H23N3O2S/c1-17(26-27-23(28)18(2)30-22-11-7-4-8-12-22)19-13-15-21(16-14-19)25-24(29)20-9-5-3-6-10-20/h3-16,18H,1-2H3,(H,25,29)(H,27,28). The summed E-state index contributed by atoms with van der Waals surface area (Å²) in [4.78, 5) is 25.6. The minimum Gasteiger partial charge on any atom is -0.322 e. The molecule has 2 N–H and O–H groups in total. The highest BCUT2D eigenvalue weighted by molar-refractivity contribution is 8.00. The molecule has 0 radical (unpaired) electrons. The molecule has 3 aromatic carbocycles. The molecule has 3 aromatic rings. The molecule has 2 amide bonds. The molecule has 0 saturated heterocycles. The summed E-state index contributed by atoms with van der Waals surface area (Å²) in [5.41, 5.74) is 5.46. The molecule has 0 aliphatic carbocycles. The molecule has 0 aromatic heterocycles. The van der Waals surface area contributed by atoms with Crippen molar-refractivity contribution in [2.24, 2.45) is 5.10 Å². The van der Waals surface area contributed by atoms with Gasteiger partial charge in [0, 0.05) is 16.1 Å². The summed E-state index contributed by atoms with van der Waals surface area (Å²) in [6.07, 6.45) is 0. The SMILES string of the molecule is CC(=NNC(=O)C(C)Sc1ccccc1)c1ccc(NC(=O)c2ccccc2)cc1. The number of hydrogen-bond acceptors (Lipinski definition) is 4. The maximum atomic E-state index is 12.3. The van der Waals surface area contributed by atoms with Crippen molar-refractivity contribution in [1.29, 1.82) is 0 Å². The lowest BCUT2D eigenvalue weighted by Crippen LogP contribution is -2.27. The second kappa shape index (κ2) is 10.4. The third kappa shape index (κ3) is 6.06. The second-order valence-corrected chi connectivity index (χ2v) is 8.06. The molecule has 0 bridgehead atoms. The first kappa shape index (κ1) is 21.3. The third-order valence-electron chi connectivity index (χ3n) is 4.36. The summed E-state index contributed by atoms with van der Waals surface area (Å²) in [6, 6.07) is 26.2. The van der Waals surface area contributed by atoms with Crippen molar-refractivity contribution >= 4 is 35.0 Å². The van der Waals surface area contributed by atoms with Crippen LogP contribution in [0.4, 0.5) is 5.69 Å². The first-order valence-corrected chi connectivity index (χ1v) is 10.4. The number of hydrazone groups is 1. The molecular formula is C24H23N3O2S. The van der Waals surface area contributed by atoms with Gasteiger partial charge in [-0.1, -0.05) is 48.5 Å². The molecule has 152 valence electrons. The van der Waals surface area contributed by atoms with Crippen LogP contribution in [0.2, 0.25) is 0 Å². The Bertz CT molecular complexity index is 1020. The molecule has 0 heterocycles. The van der Waals surface area contributed by atoms with E-state index in [0.717, 1.165) is 10.5 Å². The first-order chi connectivity index (χ1) is 14.5. The van der Waals surface area contributed by atoms with Gasteiger partial charge in [0.15, 0.2) is 0 Å². The number of nitrogens with zero attached hydrogens (tertiary/aromatic N) is 1. The molecule has 0 fully saturated rings. The lowest BCUT2D eigenvalue weighted by molar-refractivity contribution is -0.120. The van der Waals surface area contributed by atoms with Crippen LogP contribution >= 0.6 is 11.8 Å². The van der Waals surface area contributed by atoms with Gasteiger partial charge < -0.3 is 5.32 Å². The molecule has 6 heteroatoms. The molecule has 0 saturated carbocycles. The van der Waals surface area contributed by atoms with Gasteiger partial charge in [0.05, 0.1) is 11.0 Å². The highest BCUT2D eigenvalue weighted by Gasteiger charge is 2.14. The Morgan fingerprint density at radius 1 is 0.833 bits per heavy atom. The minimum atomic E-state index is -0.264. The molecule has 30 heavy (non-hydrogen) atoms. The van der Waals surface area contributed by atoms with Crippen molar-refractivity contribution in [3.63, 3.8) is 0 Å². The van der Waals surface area contributed by atoms with E-state index in [2.05, 4.69) is 15.8 Å². The minimum absolute atomic E-state index is 0.157. The van der Waals surface area contributed by atoms with Gasteiger partial charge >= 0.3 is 0 Å². The molecule has 0 aliphatic rings. The van der Waals surface area contributed by atoms with E-state index < -0.39 is 0 Å². The molecule has 0 spiro atoms. The van der Waals surface area contributed by atoms with E-state index in [4.69, 9.17) is 0 Å². The van der Waals surface area contributed by atoms with Crippen molar-refractivity contribution in [3.8, 4) is 0 Å². The topological polar surface area (TPSA) is 70.6 Å². The number of hydrogen-bond donors (Lipinski definition) is 2. The monoisotopic (exact) mass is 417 g/mol. The fourth-order valence-electron chi connectivity index (χ4n) is 2.64. The van der Waals surface area contributed by atoms with E-state index in [1.54, 1.807) is 12.1 Å². The zero-order valence-corrected chi connectivity index (χ0v) is 17.6. The van der Waals surface area contributed by atoms with Crippen LogP contribution in [0, 0.1) is 0 Å². The summed E-state index contributed by atoms with van der Waals surface area (Å²) in [5, 5.41) is 6.81. The van der Waals surface area contributed by atoms with Gasteiger partial charge in [0.25, 0.3) is 11.8 Å². The maximum Gasteiger partial charge on any atom is 0.255 e. The number of anilines is 1. The molecule has 3 rings (SSSR count). The average molecular weight is 418 g/mol. The van der Waals surface area contributed by atoms with Crippen LogP contribution in [0.1, 0.15) is 29.8 Å². The number of rotatable bonds is 7. The fraction of sp³-hybridized carbons (Fsp3) is 0.125. The Balaban J connectivity index is 1.55. The summed E-state index contributed by atoms with van der Waals surface area (Å²) in [5.74, 6) is -0.319. The number of benzene rings is 3. The maximum absolute atomic E-state index is 12.3. The summed E-state index contributed by atoms with van der Waals surface area (Å²) in [6.45, 7) is 3.68. The zero-order chi connectivity index (χ0) is 21.3. The Hall–Kier alpha value is -3.38. The number of nitrogens with one attached hydrogen (secondary N) is 2. The highest BCUT2D eigenvalue weighted by atomic mass is 32.2. The predicted molar refractivity (Wildman–Crippen MR) is 123 cm³/mol. The van der Waals surface area contributed by atoms with Gasteiger partial charge in [0.1, 0.15) is 0 Å². The quantitative estimate of drug-likeness (QED) is 0.324. The van der Waals surface area contributed by atoms with Crippen LogP contribution in [0.3, 0.4) is 0 Å². The third-order valence-corrected chi connectivity index (χ3v) is 5.47. The largest absolute Gasteiger partial charge is 0.322 e. The van der Waals surface area contributed by atoms with Crippen molar-refractivity contribution in [3.05, 3.63) is 96.1 Å². The van der Waals surface area contributed by atoms with Gasteiger partial charge in [-0.05, 0) is 55.8 Å². The van der Waals surface area contributed by atoms with Crippen LogP contribution in [-0.4, -0.2) is 22.8 Å². The van der Waals surface area contributed by atoms with Crippen molar-refractivity contribution in [2.75, 3.05) is 5.32 Å². The molecule has 0 aliphatic heterocycles. The average Bonchev–Trinajstić information content (AvgIpc) is 2.79. The van der Waals surface area contributed by atoms with Crippen LogP contribution < -0.4 is 10.7 Å². The van der Waals surface area contributed by atoms with Crippen LogP contribution in [-0.2, 0) is 4.79 Å². The zero-order valence-electron chi connectivity index (χ0n) is 16.8. The number of carbonyl (C=O) groups is 2. The van der Waals surface area contributed by atoms with Gasteiger partial charge in [-0.3, -0.25) is 9.59 Å². The summed E-state index contributed by atoms with van der Waals surface area (Å²) >= 11 is 1.48. The molecule has 1 atom stereocenters. The highest BCUT2D eigenvalue weighted by Crippen LogP contribution is 2.22. The van der Waals surface area contributed by atoms with Gasteiger partial charge in [-0.25, -0.2) is 5.43 Å². The lowest BCUT2D eigenvalue weighted by atomic mass is 10.1. The van der Waals surface area contributed by atoms with Crippen LogP contribution in [0.25, 0.3) is 0 Å². The van der Waals surface area contributed by atoms with Crippen molar-refractivity contribution < 1.29 is 9.59 Å². The second-order valence-electron chi connectivity index (χ2n) is 6.64. The smallest absolute Gasteiger partial charge is 0.255 e. The normalized spacial score (nSPS) is 12.1. The fourth-order valence-corrected chi connectivity index (χ4v) is 3.52. The first-order valence-electron chi connectivity index (χ1n) is 9.55. The van der Waals surface area contributed by atoms with E-state index in [1.807, 2.05) is 86.6 Å². The van der Waals surface area contributed by atoms with Crippen LogP contribution in [0.15, 0.2) is 94.9 Å². The van der Waals surface area contributed by atoms with Crippen molar-refractivity contribution in [2.45, 2.75) is 24.0 Å². The Labute approximate surface area is 180 Å². The van der Waals surface area contributed by atoms with E-state index in [1.165, 1.54) is 11.8 Å². The summed E-state index contributed by atoms with van der Waals surface area (Å²) in [7, 11) is 0. The number of thioether (sulfide) groups is 1. The van der Waals surface area contributed by atoms with E-state index >= 15 is 0 Å². The number of amides is 2. The summed E-state index contributed by atoms with van der Waals surface area (Å²) < 4.78 is 0. The van der Waals surface area contributed by atoms with E-state index in [0.29, 0.717) is 17.0 Å². The molecule has 1 unspecified atom stereocenters. The van der Waals surface area contributed by atoms with Gasteiger partial charge in [0.2, 0.25) is 0 Å². The lowest BCUT2D eigenvalue weighted by Gasteiger charge is -2.10. The Kier molecular flexibility index (Phi) is 7.40. The number of carbonyl (C=O) groups excluding carboxylic acids is 2. The predicted octanol–water partition coefficient (Wildman–Crippen LogP) is 4.96. The van der Waals surface area contributed by atoms with E-state index in [-0.39, 0.29) is 17.1 Å². The molecular weight excluding hydrogens is 394 g/mol. The van der Waals surface area contributed by atoms with Gasteiger partial charge in [-0.15, -0.1) is 11.8 Å². The Morgan fingerprint density at radius 2 is 1.43 bits per heavy atom. The van der Waals surface area contributed by atoms with Gasteiger partial charge in [-0.2, -0.15) is 5.10 Å². The van der Waals surface area contributed by atoms with Crippen LogP contribution in [0.5, 0.6) is 0 Å². The van der Waals surface area contributed by atoms with E-state index in [9.17, 15) is 9.59 Å². The molecule has 5 nitrogen and oxygen atoms in total. The Morgan fingerprint density at radius 3 is 2.07 bits per heavy atom. The van der Waals surface area contributed by atoms with Crippen molar-refractivity contribution in [1.82, 2.24) is 5.43 Å².